The van der Waals surface area contributed by atoms with Crippen LogP contribution >= 0.6 is 0 Å². The zero-order chi connectivity index (χ0) is 24.1. The Hall–Kier alpha value is -3.56. The van der Waals surface area contributed by atoms with Crippen LogP contribution in [0, 0.1) is 24.0 Å². The van der Waals surface area contributed by atoms with Crippen LogP contribution in [0.15, 0.2) is 48.2 Å². The molecule has 33 heavy (non-hydrogen) atoms. The van der Waals surface area contributed by atoms with Crippen LogP contribution in [0.25, 0.3) is 5.57 Å². The second-order valence-corrected chi connectivity index (χ2v) is 7.74. The second-order valence-electron chi connectivity index (χ2n) is 7.74. The van der Waals surface area contributed by atoms with E-state index in [0.717, 1.165) is 11.1 Å². The van der Waals surface area contributed by atoms with Crippen molar-refractivity contribution in [2.24, 2.45) is 0 Å². The third-order valence-corrected chi connectivity index (χ3v) is 5.48. The van der Waals surface area contributed by atoms with E-state index < -0.39 is 16.7 Å². The first-order valence-electron chi connectivity index (χ1n) is 10.5. The van der Waals surface area contributed by atoms with Gasteiger partial charge in [-0.05, 0) is 48.7 Å². The number of imide groups is 1. The van der Waals surface area contributed by atoms with Crippen LogP contribution in [0.5, 0.6) is 0 Å². The van der Waals surface area contributed by atoms with Gasteiger partial charge in [0.15, 0.2) is 0 Å². The average molecular weight is 453 g/mol. The summed E-state index contributed by atoms with van der Waals surface area (Å²) in [6.07, 6.45) is 0. The highest BCUT2D eigenvalue weighted by Gasteiger charge is 2.43. The Bertz CT molecular complexity index is 1090. The molecule has 0 bridgehead atoms. The van der Waals surface area contributed by atoms with Crippen LogP contribution in [-0.4, -0.2) is 62.2 Å². The normalized spacial score (nSPS) is 13.8. The van der Waals surface area contributed by atoms with Crippen molar-refractivity contribution >= 4 is 28.8 Å². The number of nitro benzene ring substituents is 1. The van der Waals surface area contributed by atoms with E-state index >= 15 is 0 Å². The molecule has 0 saturated heterocycles. The van der Waals surface area contributed by atoms with E-state index in [1.807, 2.05) is 26.0 Å². The van der Waals surface area contributed by atoms with Crippen LogP contribution in [0.1, 0.15) is 16.7 Å². The van der Waals surface area contributed by atoms with Gasteiger partial charge in [-0.25, -0.2) is 4.90 Å². The molecule has 9 nitrogen and oxygen atoms in total. The maximum atomic E-state index is 13.7. The number of hydrogen-bond donors (Lipinski definition) is 0. The van der Waals surface area contributed by atoms with E-state index in [2.05, 4.69) is 0 Å². The fourth-order valence-electron chi connectivity index (χ4n) is 3.74. The topological polar surface area (TPSA) is 102 Å². The molecule has 2 amide bonds. The van der Waals surface area contributed by atoms with Crippen molar-refractivity contribution in [2.45, 2.75) is 13.8 Å². The van der Waals surface area contributed by atoms with Crippen molar-refractivity contribution in [3.05, 3.63) is 75.0 Å². The van der Waals surface area contributed by atoms with E-state index in [9.17, 15) is 19.7 Å². The van der Waals surface area contributed by atoms with Crippen LogP contribution in [0.3, 0.4) is 0 Å². The van der Waals surface area contributed by atoms with Crippen LogP contribution < -0.4 is 4.90 Å². The Morgan fingerprint density at radius 2 is 1.55 bits per heavy atom. The minimum Gasteiger partial charge on any atom is -0.383 e. The zero-order valence-electron chi connectivity index (χ0n) is 19.2. The summed E-state index contributed by atoms with van der Waals surface area (Å²) in [6, 6.07) is 11.2. The van der Waals surface area contributed by atoms with Gasteiger partial charge in [-0.2, -0.15) is 0 Å². The van der Waals surface area contributed by atoms with E-state index in [1.54, 1.807) is 25.2 Å². The molecule has 1 aliphatic heterocycles. The van der Waals surface area contributed by atoms with Crippen molar-refractivity contribution in [3.8, 4) is 0 Å². The summed E-state index contributed by atoms with van der Waals surface area (Å²) >= 11 is 0. The highest BCUT2D eigenvalue weighted by molar-refractivity contribution is 6.45. The number of nitrogens with zero attached hydrogens (tertiary/aromatic N) is 3. The first-order chi connectivity index (χ1) is 15.8. The molecule has 3 rings (SSSR count). The lowest BCUT2D eigenvalue weighted by Gasteiger charge is -2.26. The maximum absolute atomic E-state index is 13.7. The second kappa shape index (κ2) is 10.4. The van der Waals surface area contributed by atoms with Gasteiger partial charge in [0.05, 0.1) is 29.4 Å². The number of anilines is 1. The summed E-state index contributed by atoms with van der Waals surface area (Å²) in [4.78, 5) is 40.9. The third-order valence-electron chi connectivity index (χ3n) is 5.48. The minimum absolute atomic E-state index is 0.0975. The van der Waals surface area contributed by atoms with Gasteiger partial charge in [0.1, 0.15) is 5.70 Å². The molecule has 9 heteroatoms. The van der Waals surface area contributed by atoms with Crippen molar-refractivity contribution in [3.63, 3.8) is 0 Å². The fraction of sp³-hybridized carbons (Fsp3) is 0.333. The Kier molecular flexibility index (Phi) is 7.57. The number of hydrogen-bond acceptors (Lipinski definition) is 7. The molecule has 0 N–H and O–H groups in total. The van der Waals surface area contributed by atoms with E-state index in [1.165, 1.54) is 29.2 Å². The molecule has 1 heterocycles. The van der Waals surface area contributed by atoms with Crippen molar-refractivity contribution in [1.29, 1.82) is 0 Å². The molecular formula is C24H27N3O6. The zero-order valence-corrected chi connectivity index (χ0v) is 19.2. The highest BCUT2D eigenvalue weighted by Crippen LogP contribution is 2.36. The number of non-ortho nitro benzene ring substituents is 1. The first kappa shape index (κ1) is 24.1. The number of rotatable bonds is 10. The minimum atomic E-state index is -0.507. The molecule has 0 aliphatic carbocycles. The summed E-state index contributed by atoms with van der Waals surface area (Å²) in [7, 11) is 3.12. The summed E-state index contributed by atoms with van der Waals surface area (Å²) in [5.74, 6) is -0.924. The van der Waals surface area contributed by atoms with Gasteiger partial charge < -0.3 is 14.4 Å². The van der Waals surface area contributed by atoms with Crippen molar-refractivity contribution in [1.82, 2.24) is 4.90 Å². The molecule has 2 aromatic carbocycles. The Morgan fingerprint density at radius 1 is 0.939 bits per heavy atom. The number of ether oxygens (including phenoxy) is 2. The highest BCUT2D eigenvalue weighted by atomic mass is 16.6. The van der Waals surface area contributed by atoms with Gasteiger partial charge in [-0.3, -0.25) is 19.7 Å². The molecule has 0 atom stereocenters. The average Bonchev–Trinajstić information content (AvgIpc) is 3.05. The molecule has 0 unspecified atom stereocenters. The number of nitro groups is 1. The van der Waals surface area contributed by atoms with Gasteiger partial charge in [-0.15, -0.1) is 0 Å². The lowest BCUT2D eigenvalue weighted by atomic mass is 10.0. The predicted molar refractivity (Wildman–Crippen MR) is 124 cm³/mol. The number of methoxy groups -OCH3 is 2. The molecule has 2 aromatic rings. The van der Waals surface area contributed by atoms with E-state index in [4.69, 9.17) is 9.47 Å². The number of aryl methyl sites for hydroxylation is 2. The standard InChI is InChI=1S/C24H27N3O6/c1-16-5-6-17(2)20(15-16)26-23(28)21(18-7-9-19(10-8-18)27(30)31)22(24(26)29)25(11-13-32-3)12-14-33-4/h5-10,15H,11-14H2,1-4H3. The summed E-state index contributed by atoms with van der Waals surface area (Å²) in [5.41, 5.74) is 2.97. The molecule has 174 valence electrons. The van der Waals surface area contributed by atoms with E-state index in [0.29, 0.717) is 37.6 Å². The van der Waals surface area contributed by atoms with Gasteiger partial charge in [0.25, 0.3) is 17.5 Å². The molecule has 0 saturated carbocycles. The number of amides is 2. The predicted octanol–water partition coefficient (Wildman–Crippen LogP) is 3.09. The molecule has 0 radical (unpaired) electrons. The van der Waals surface area contributed by atoms with Gasteiger partial charge in [0, 0.05) is 39.4 Å². The fourth-order valence-corrected chi connectivity index (χ4v) is 3.74. The smallest absolute Gasteiger partial charge is 0.282 e. The van der Waals surface area contributed by atoms with Gasteiger partial charge >= 0.3 is 0 Å². The Labute approximate surface area is 192 Å². The van der Waals surface area contributed by atoms with Crippen molar-refractivity contribution < 1.29 is 24.0 Å². The molecule has 0 aromatic heterocycles. The molecule has 0 spiro atoms. The molecule has 0 fully saturated rings. The maximum Gasteiger partial charge on any atom is 0.282 e. The van der Waals surface area contributed by atoms with Crippen LogP contribution in [0.4, 0.5) is 11.4 Å². The largest absolute Gasteiger partial charge is 0.383 e. The summed E-state index contributed by atoms with van der Waals surface area (Å²) in [5, 5.41) is 11.1. The van der Waals surface area contributed by atoms with Crippen molar-refractivity contribution in [2.75, 3.05) is 45.4 Å². The van der Waals surface area contributed by atoms with Crippen LogP contribution in [-0.2, 0) is 19.1 Å². The quantitative estimate of drug-likeness (QED) is 0.309. The van der Waals surface area contributed by atoms with Gasteiger partial charge in [-0.1, -0.05) is 12.1 Å². The number of carbonyl (C=O) groups excluding carboxylic acids is 2. The SMILES string of the molecule is COCCN(CCOC)C1=C(c2ccc([N+](=O)[O-])cc2)C(=O)N(c2cc(C)ccc2C)C1=O. The lowest BCUT2D eigenvalue weighted by molar-refractivity contribution is -0.384. The number of carbonyl (C=O) groups is 2. The van der Waals surface area contributed by atoms with Gasteiger partial charge in [0.2, 0.25) is 0 Å². The first-order valence-corrected chi connectivity index (χ1v) is 10.5. The third kappa shape index (κ3) is 4.94. The number of benzene rings is 2. The molecule has 1 aliphatic rings. The summed E-state index contributed by atoms with van der Waals surface area (Å²) in [6.45, 7) is 5.14. The Balaban J connectivity index is 2.17. The Morgan fingerprint density at radius 3 is 2.09 bits per heavy atom. The van der Waals surface area contributed by atoms with Crippen LogP contribution in [0.2, 0.25) is 0 Å². The monoisotopic (exact) mass is 453 g/mol. The molecular weight excluding hydrogens is 426 g/mol. The summed E-state index contributed by atoms with van der Waals surface area (Å²) < 4.78 is 10.4. The van der Waals surface area contributed by atoms with E-state index in [-0.39, 0.29) is 17.0 Å². The lowest BCUT2D eigenvalue weighted by Crippen LogP contribution is -2.38.